The van der Waals surface area contributed by atoms with Crippen LogP contribution in [0.2, 0.25) is 0 Å². The lowest BCUT2D eigenvalue weighted by atomic mass is 10.0. The van der Waals surface area contributed by atoms with Gasteiger partial charge in [0.25, 0.3) is 0 Å². The quantitative estimate of drug-likeness (QED) is 0.669. The van der Waals surface area contributed by atoms with Crippen molar-refractivity contribution in [2.24, 2.45) is 0 Å². The summed E-state index contributed by atoms with van der Waals surface area (Å²) in [7, 11) is 2.13. The van der Waals surface area contributed by atoms with E-state index in [-0.39, 0.29) is 0 Å². The van der Waals surface area contributed by atoms with Crippen LogP contribution < -0.4 is 0 Å². The molecule has 1 nitrogen and oxygen atoms in total. The highest BCUT2D eigenvalue weighted by Gasteiger charge is 2.10. The summed E-state index contributed by atoms with van der Waals surface area (Å²) in [5.41, 5.74) is 2.69. The third kappa shape index (κ3) is 7.47. The standard InChI is InChI=1S/C10H15N.C3H8.C2H6/c1-4-9-6-7-11(3)8-10(9)5-2;1-3-2;1-2/h4-5H,1-2,6-8H2,3H3;3H2,1-2H3;1-2H3. The summed E-state index contributed by atoms with van der Waals surface area (Å²) in [6.45, 7) is 18.0. The maximum Gasteiger partial charge on any atom is 0.0233 e. The molecule has 0 aromatic rings. The van der Waals surface area contributed by atoms with Crippen molar-refractivity contribution in [1.29, 1.82) is 0 Å². The minimum Gasteiger partial charge on any atom is -0.302 e. The Balaban J connectivity index is 0. The molecule has 0 saturated heterocycles. The number of hydrogen-bond donors (Lipinski definition) is 0. The fourth-order valence-corrected chi connectivity index (χ4v) is 1.37. The summed E-state index contributed by atoms with van der Waals surface area (Å²) in [4.78, 5) is 2.30. The smallest absolute Gasteiger partial charge is 0.0233 e. The molecule has 0 radical (unpaired) electrons. The fraction of sp³-hybridized carbons (Fsp3) is 0.600. The van der Waals surface area contributed by atoms with Gasteiger partial charge in [0.05, 0.1) is 0 Å². The largest absolute Gasteiger partial charge is 0.302 e. The van der Waals surface area contributed by atoms with Crippen molar-refractivity contribution >= 4 is 0 Å². The molecule has 0 amide bonds. The molecule has 0 aliphatic carbocycles. The lowest BCUT2D eigenvalue weighted by Crippen LogP contribution is -2.26. The molecule has 1 heterocycles. The van der Waals surface area contributed by atoms with E-state index in [9.17, 15) is 0 Å². The lowest BCUT2D eigenvalue weighted by molar-refractivity contribution is 0.354. The summed E-state index contributed by atoms with van der Waals surface area (Å²) in [5.74, 6) is 0. The summed E-state index contributed by atoms with van der Waals surface area (Å²) >= 11 is 0. The molecule has 94 valence electrons. The summed E-state index contributed by atoms with van der Waals surface area (Å²) in [6, 6.07) is 0. The maximum atomic E-state index is 3.78. The number of likely N-dealkylation sites (N-methyl/N-ethyl adjacent to an activating group) is 1. The van der Waals surface area contributed by atoms with Gasteiger partial charge in [-0.15, -0.1) is 0 Å². The van der Waals surface area contributed by atoms with Crippen molar-refractivity contribution in [3.05, 3.63) is 36.5 Å². The van der Waals surface area contributed by atoms with Crippen LogP contribution in [0.4, 0.5) is 0 Å². The van der Waals surface area contributed by atoms with Crippen LogP contribution in [-0.4, -0.2) is 25.0 Å². The number of allylic oxidation sites excluding steroid dienone is 1. The van der Waals surface area contributed by atoms with Crippen LogP contribution in [0.3, 0.4) is 0 Å². The Morgan fingerprint density at radius 3 is 1.94 bits per heavy atom. The van der Waals surface area contributed by atoms with E-state index in [2.05, 4.69) is 39.0 Å². The van der Waals surface area contributed by atoms with Gasteiger partial charge in [-0.1, -0.05) is 59.4 Å². The van der Waals surface area contributed by atoms with E-state index in [1.165, 1.54) is 17.6 Å². The highest BCUT2D eigenvalue weighted by atomic mass is 15.1. The second kappa shape index (κ2) is 12.3. The Morgan fingerprint density at radius 2 is 1.56 bits per heavy atom. The average molecular weight is 223 g/mol. The Bertz CT molecular complexity index is 213. The zero-order chi connectivity index (χ0) is 13.0. The molecule has 0 saturated carbocycles. The number of hydrogen-bond acceptors (Lipinski definition) is 1. The lowest BCUT2D eigenvalue weighted by Gasteiger charge is -2.24. The highest BCUT2D eigenvalue weighted by molar-refractivity contribution is 5.34. The molecule has 1 aliphatic heterocycles. The number of nitrogens with zero attached hydrogens (tertiary/aromatic N) is 1. The molecular formula is C15H29N. The van der Waals surface area contributed by atoms with Crippen molar-refractivity contribution in [3.8, 4) is 0 Å². The van der Waals surface area contributed by atoms with E-state index in [0.717, 1.165) is 19.5 Å². The fourth-order valence-electron chi connectivity index (χ4n) is 1.37. The zero-order valence-corrected chi connectivity index (χ0v) is 11.8. The molecular weight excluding hydrogens is 194 g/mol. The molecule has 0 spiro atoms. The third-order valence-electron chi connectivity index (χ3n) is 2.11. The van der Waals surface area contributed by atoms with Gasteiger partial charge < -0.3 is 4.90 Å². The molecule has 0 atom stereocenters. The van der Waals surface area contributed by atoms with Gasteiger partial charge in [-0.05, 0) is 24.6 Å². The number of rotatable bonds is 2. The topological polar surface area (TPSA) is 3.24 Å². The van der Waals surface area contributed by atoms with Gasteiger partial charge >= 0.3 is 0 Å². The van der Waals surface area contributed by atoms with Crippen molar-refractivity contribution in [2.45, 2.75) is 40.5 Å². The second-order valence-corrected chi connectivity index (χ2v) is 3.65. The predicted molar refractivity (Wildman–Crippen MR) is 76.8 cm³/mol. The van der Waals surface area contributed by atoms with Gasteiger partial charge in [0.1, 0.15) is 0 Å². The first-order chi connectivity index (χ1) is 7.69. The maximum absolute atomic E-state index is 3.78. The Kier molecular flexibility index (Phi) is 13.5. The van der Waals surface area contributed by atoms with E-state index >= 15 is 0 Å². The Morgan fingerprint density at radius 1 is 1.12 bits per heavy atom. The van der Waals surface area contributed by atoms with Gasteiger partial charge in [0, 0.05) is 13.1 Å². The van der Waals surface area contributed by atoms with Crippen molar-refractivity contribution in [2.75, 3.05) is 20.1 Å². The first-order valence-electron chi connectivity index (χ1n) is 6.34. The van der Waals surface area contributed by atoms with Gasteiger partial charge in [-0.2, -0.15) is 0 Å². The zero-order valence-electron chi connectivity index (χ0n) is 11.8. The second-order valence-electron chi connectivity index (χ2n) is 3.65. The van der Waals surface area contributed by atoms with E-state index in [1.807, 2.05) is 26.0 Å². The van der Waals surface area contributed by atoms with Gasteiger partial charge in [-0.25, -0.2) is 0 Å². The summed E-state index contributed by atoms with van der Waals surface area (Å²) in [5, 5.41) is 0. The molecule has 0 fully saturated rings. The Hall–Kier alpha value is -0.820. The average Bonchev–Trinajstić information content (AvgIpc) is 2.32. The van der Waals surface area contributed by atoms with Gasteiger partial charge in [-0.3, -0.25) is 0 Å². The van der Waals surface area contributed by atoms with E-state index in [1.54, 1.807) is 0 Å². The summed E-state index contributed by atoms with van der Waals surface area (Å²) in [6.07, 6.45) is 6.25. The van der Waals surface area contributed by atoms with E-state index < -0.39 is 0 Å². The van der Waals surface area contributed by atoms with Crippen LogP contribution in [0, 0.1) is 0 Å². The van der Waals surface area contributed by atoms with Crippen molar-refractivity contribution in [3.63, 3.8) is 0 Å². The van der Waals surface area contributed by atoms with Crippen LogP contribution >= 0.6 is 0 Å². The molecule has 1 rings (SSSR count). The third-order valence-corrected chi connectivity index (χ3v) is 2.11. The molecule has 1 heteroatoms. The summed E-state index contributed by atoms with van der Waals surface area (Å²) < 4.78 is 0. The SMILES string of the molecule is C=CC1=C(C=C)CN(C)CC1.CC.CCC. The highest BCUT2D eigenvalue weighted by Crippen LogP contribution is 2.17. The monoisotopic (exact) mass is 223 g/mol. The molecule has 0 bridgehead atoms. The first-order valence-corrected chi connectivity index (χ1v) is 6.34. The molecule has 16 heavy (non-hydrogen) atoms. The minimum absolute atomic E-state index is 1.02. The molecule has 0 unspecified atom stereocenters. The molecule has 1 aliphatic rings. The Labute approximate surface area is 103 Å². The van der Waals surface area contributed by atoms with Crippen molar-refractivity contribution < 1.29 is 0 Å². The van der Waals surface area contributed by atoms with E-state index in [4.69, 9.17) is 0 Å². The predicted octanol–water partition coefficient (Wildman–Crippen LogP) is 4.43. The van der Waals surface area contributed by atoms with Gasteiger partial charge in [0.15, 0.2) is 0 Å². The van der Waals surface area contributed by atoms with E-state index in [0.29, 0.717) is 0 Å². The molecule has 0 aromatic carbocycles. The van der Waals surface area contributed by atoms with Crippen LogP contribution in [0.5, 0.6) is 0 Å². The first kappa shape index (κ1) is 17.6. The minimum atomic E-state index is 1.02. The normalized spacial score (nSPS) is 15.3. The van der Waals surface area contributed by atoms with Crippen LogP contribution in [-0.2, 0) is 0 Å². The molecule has 0 N–H and O–H groups in total. The van der Waals surface area contributed by atoms with Crippen LogP contribution in [0.15, 0.2) is 36.5 Å². The van der Waals surface area contributed by atoms with Crippen molar-refractivity contribution in [1.82, 2.24) is 4.90 Å². The van der Waals surface area contributed by atoms with Crippen LogP contribution in [0.1, 0.15) is 40.5 Å². The molecule has 0 aromatic heterocycles. The van der Waals surface area contributed by atoms with Gasteiger partial charge in [0.2, 0.25) is 0 Å². The van der Waals surface area contributed by atoms with Crippen LogP contribution in [0.25, 0.3) is 0 Å².